The highest BCUT2D eigenvalue weighted by Gasteiger charge is 2.14. The van der Waals surface area contributed by atoms with Gasteiger partial charge < -0.3 is 10.2 Å². The van der Waals surface area contributed by atoms with E-state index >= 15 is 0 Å². The molecule has 0 unspecified atom stereocenters. The maximum Gasteiger partial charge on any atom is 0.247 e. The minimum absolute atomic E-state index is 0.515. The molecule has 0 aliphatic heterocycles. The summed E-state index contributed by atoms with van der Waals surface area (Å²) in [6, 6.07) is 10.9. The van der Waals surface area contributed by atoms with Crippen LogP contribution in [0.4, 0.5) is 11.8 Å². The fraction of sp³-hybridized carbons (Fsp3) is 0.500. The number of nitrogens with one attached hydrogen (secondary N) is 1. The summed E-state index contributed by atoms with van der Waals surface area (Å²) < 4.78 is 0. The van der Waals surface area contributed by atoms with Crippen LogP contribution in [0.25, 0.3) is 0 Å². The van der Waals surface area contributed by atoms with Crippen molar-refractivity contribution in [1.29, 1.82) is 0 Å². The molecule has 5 nitrogen and oxygen atoms in total. The molecule has 1 aliphatic rings. The number of hydrogen-bond acceptors (Lipinski definition) is 5. The van der Waals surface area contributed by atoms with Crippen LogP contribution in [0.3, 0.4) is 0 Å². The van der Waals surface area contributed by atoms with E-state index in [0.717, 1.165) is 12.4 Å². The monoisotopic (exact) mass is 311 g/mol. The van der Waals surface area contributed by atoms with Gasteiger partial charge in [0.25, 0.3) is 0 Å². The van der Waals surface area contributed by atoms with Crippen molar-refractivity contribution in [2.45, 2.75) is 51.1 Å². The highest BCUT2D eigenvalue weighted by atomic mass is 15.3. The van der Waals surface area contributed by atoms with Crippen LogP contribution < -0.4 is 10.2 Å². The molecule has 1 aromatic carbocycles. The summed E-state index contributed by atoms with van der Waals surface area (Å²) in [5.74, 6) is 1.49. The standard InChI is InChI=1S/C18H25N5/c1-23(14-15-9-5-4-6-10-15)18-21-17(13-19-22-18)20-16-11-7-2-3-8-12-16/h4-6,9-10,13,16H,2-3,7-8,11-12,14H2,1H3,(H,20,21,22). The summed E-state index contributed by atoms with van der Waals surface area (Å²) in [5.41, 5.74) is 1.24. The van der Waals surface area contributed by atoms with Gasteiger partial charge in [-0.2, -0.15) is 10.1 Å². The second kappa shape index (κ2) is 7.90. The lowest BCUT2D eigenvalue weighted by molar-refractivity contribution is 0.616. The Kier molecular flexibility index (Phi) is 5.40. The molecule has 1 aliphatic carbocycles. The van der Waals surface area contributed by atoms with E-state index in [1.54, 1.807) is 6.20 Å². The van der Waals surface area contributed by atoms with Crippen LogP contribution in [0.1, 0.15) is 44.1 Å². The molecule has 2 aromatic rings. The largest absolute Gasteiger partial charge is 0.366 e. The lowest BCUT2D eigenvalue weighted by Crippen LogP contribution is -2.23. The molecule has 0 saturated heterocycles. The second-order valence-electron chi connectivity index (χ2n) is 6.32. The van der Waals surface area contributed by atoms with Gasteiger partial charge in [0.15, 0.2) is 5.82 Å². The number of rotatable bonds is 5. The van der Waals surface area contributed by atoms with Gasteiger partial charge >= 0.3 is 0 Å². The predicted octanol–water partition coefficient (Wildman–Crippen LogP) is 3.64. The zero-order valence-corrected chi connectivity index (χ0v) is 13.8. The van der Waals surface area contributed by atoms with E-state index in [4.69, 9.17) is 0 Å². The minimum atomic E-state index is 0.515. The van der Waals surface area contributed by atoms with Crippen LogP contribution >= 0.6 is 0 Å². The van der Waals surface area contributed by atoms with E-state index in [-0.39, 0.29) is 0 Å². The Morgan fingerprint density at radius 3 is 2.57 bits per heavy atom. The molecule has 0 radical (unpaired) electrons. The van der Waals surface area contributed by atoms with Crippen molar-refractivity contribution in [3.05, 3.63) is 42.1 Å². The average Bonchev–Trinajstić information content (AvgIpc) is 2.85. The van der Waals surface area contributed by atoms with Crippen LogP contribution in [0.15, 0.2) is 36.5 Å². The molecule has 0 spiro atoms. The predicted molar refractivity (Wildman–Crippen MR) is 93.5 cm³/mol. The van der Waals surface area contributed by atoms with Crippen molar-refractivity contribution < 1.29 is 0 Å². The minimum Gasteiger partial charge on any atom is -0.366 e. The van der Waals surface area contributed by atoms with Gasteiger partial charge in [0, 0.05) is 19.6 Å². The topological polar surface area (TPSA) is 53.9 Å². The molecule has 23 heavy (non-hydrogen) atoms. The van der Waals surface area contributed by atoms with Gasteiger partial charge in [0.05, 0.1) is 6.20 Å². The Balaban J connectivity index is 1.64. The Morgan fingerprint density at radius 2 is 1.83 bits per heavy atom. The van der Waals surface area contributed by atoms with Crippen molar-refractivity contribution in [2.75, 3.05) is 17.3 Å². The molecule has 1 aromatic heterocycles. The van der Waals surface area contributed by atoms with Crippen molar-refractivity contribution in [2.24, 2.45) is 0 Å². The number of nitrogens with zero attached hydrogens (tertiary/aromatic N) is 4. The van der Waals surface area contributed by atoms with Crippen LogP contribution in [-0.4, -0.2) is 28.3 Å². The molecule has 5 heteroatoms. The summed E-state index contributed by atoms with van der Waals surface area (Å²) in [6.07, 6.45) is 9.48. The second-order valence-corrected chi connectivity index (χ2v) is 6.32. The van der Waals surface area contributed by atoms with Crippen LogP contribution in [0, 0.1) is 0 Å². The van der Waals surface area contributed by atoms with Gasteiger partial charge in [-0.3, -0.25) is 0 Å². The quantitative estimate of drug-likeness (QED) is 0.854. The third kappa shape index (κ3) is 4.65. The molecular formula is C18H25N5. The normalized spacial score (nSPS) is 15.9. The Bertz CT molecular complexity index is 593. The lowest BCUT2D eigenvalue weighted by Gasteiger charge is -2.19. The molecular weight excluding hydrogens is 286 g/mol. The number of hydrogen-bond donors (Lipinski definition) is 1. The average molecular weight is 311 g/mol. The molecule has 1 fully saturated rings. The molecule has 1 saturated carbocycles. The third-order valence-electron chi connectivity index (χ3n) is 4.36. The number of benzene rings is 1. The van der Waals surface area contributed by atoms with Gasteiger partial charge in [-0.15, -0.1) is 5.10 Å². The lowest BCUT2D eigenvalue weighted by atomic mass is 10.1. The highest BCUT2D eigenvalue weighted by molar-refractivity contribution is 5.39. The van der Waals surface area contributed by atoms with E-state index in [0.29, 0.717) is 12.0 Å². The molecule has 3 rings (SSSR count). The molecule has 0 amide bonds. The fourth-order valence-electron chi connectivity index (χ4n) is 3.09. The summed E-state index contributed by atoms with van der Waals surface area (Å²) in [4.78, 5) is 6.66. The summed E-state index contributed by atoms with van der Waals surface area (Å²) >= 11 is 0. The van der Waals surface area contributed by atoms with Gasteiger partial charge in [-0.1, -0.05) is 56.0 Å². The Labute approximate surface area is 138 Å². The molecule has 0 bridgehead atoms. The molecule has 1 heterocycles. The smallest absolute Gasteiger partial charge is 0.247 e. The van der Waals surface area contributed by atoms with Gasteiger partial charge in [0.2, 0.25) is 5.95 Å². The summed E-state index contributed by atoms with van der Waals surface area (Å²) in [6.45, 7) is 0.773. The van der Waals surface area contributed by atoms with Crippen molar-refractivity contribution in [3.63, 3.8) is 0 Å². The maximum atomic E-state index is 4.63. The van der Waals surface area contributed by atoms with E-state index < -0.39 is 0 Å². The van der Waals surface area contributed by atoms with E-state index in [1.807, 2.05) is 30.1 Å². The van der Waals surface area contributed by atoms with Gasteiger partial charge in [-0.25, -0.2) is 0 Å². The van der Waals surface area contributed by atoms with Gasteiger partial charge in [-0.05, 0) is 18.4 Å². The first-order valence-corrected chi connectivity index (χ1v) is 8.52. The summed E-state index contributed by atoms with van der Waals surface area (Å²) in [7, 11) is 2.00. The zero-order valence-electron chi connectivity index (χ0n) is 13.8. The maximum absolute atomic E-state index is 4.63. The zero-order chi connectivity index (χ0) is 15.9. The van der Waals surface area contributed by atoms with Gasteiger partial charge in [0.1, 0.15) is 0 Å². The van der Waals surface area contributed by atoms with E-state index in [9.17, 15) is 0 Å². The first-order valence-electron chi connectivity index (χ1n) is 8.52. The van der Waals surface area contributed by atoms with Crippen LogP contribution in [0.5, 0.6) is 0 Å². The summed E-state index contributed by atoms with van der Waals surface area (Å²) in [5, 5.41) is 11.8. The van der Waals surface area contributed by atoms with Crippen molar-refractivity contribution in [3.8, 4) is 0 Å². The first kappa shape index (κ1) is 15.7. The molecule has 122 valence electrons. The Morgan fingerprint density at radius 1 is 1.09 bits per heavy atom. The highest BCUT2D eigenvalue weighted by Crippen LogP contribution is 2.20. The van der Waals surface area contributed by atoms with Crippen molar-refractivity contribution >= 4 is 11.8 Å². The fourth-order valence-corrected chi connectivity index (χ4v) is 3.09. The Hall–Kier alpha value is -2.17. The number of anilines is 2. The molecule has 0 atom stereocenters. The molecule has 1 N–H and O–H groups in total. The van der Waals surface area contributed by atoms with Crippen molar-refractivity contribution in [1.82, 2.24) is 15.2 Å². The number of aromatic nitrogens is 3. The SMILES string of the molecule is CN(Cc1ccccc1)c1nncc(NC2CCCCCC2)n1. The first-order chi connectivity index (χ1) is 11.3. The van der Waals surface area contributed by atoms with Crippen LogP contribution in [-0.2, 0) is 6.54 Å². The van der Waals surface area contributed by atoms with E-state index in [1.165, 1.54) is 44.1 Å². The van der Waals surface area contributed by atoms with Crippen LogP contribution in [0.2, 0.25) is 0 Å². The van der Waals surface area contributed by atoms with E-state index in [2.05, 4.69) is 32.6 Å². The third-order valence-corrected chi connectivity index (χ3v) is 4.36.